The lowest BCUT2D eigenvalue weighted by Gasteiger charge is -2.25. The average molecular weight is 690 g/mol. The van der Waals surface area contributed by atoms with Gasteiger partial charge in [-0.2, -0.15) is 16.4 Å². The number of carbonyl (C=O) groups is 2. The fraction of sp³-hybridized carbons (Fsp3) is 0.229. The number of sulfonamides is 1. The monoisotopic (exact) mass is 689 g/mol. The Kier molecular flexibility index (Phi) is 10.7. The topological polar surface area (TPSA) is 134 Å². The van der Waals surface area contributed by atoms with Crippen molar-refractivity contribution in [1.29, 1.82) is 0 Å². The molecular weight excluding hydrogens is 654 g/mol. The van der Waals surface area contributed by atoms with Crippen LogP contribution in [0.5, 0.6) is 0 Å². The minimum Gasteiger partial charge on any atom is -0.389 e. The van der Waals surface area contributed by atoms with E-state index in [1.807, 2.05) is 53.4 Å². The van der Waals surface area contributed by atoms with Gasteiger partial charge in [-0.25, -0.2) is 12.8 Å². The Bertz CT molecular complexity index is 1970. The van der Waals surface area contributed by atoms with Crippen molar-refractivity contribution in [2.45, 2.75) is 38.1 Å². The van der Waals surface area contributed by atoms with E-state index in [1.54, 1.807) is 41.3 Å². The molecule has 3 atom stereocenters. The zero-order valence-corrected chi connectivity index (χ0v) is 28.2. The van der Waals surface area contributed by atoms with Crippen LogP contribution in [-0.4, -0.2) is 60.6 Å². The highest BCUT2D eigenvalue weighted by Crippen LogP contribution is 2.24. The van der Waals surface area contributed by atoms with Crippen molar-refractivity contribution in [3.63, 3.8) is 0 Å². The summed E-state index contributed by atoms with van der Waals surface area (Å²) in [5, 5.41) is 25.5. The summed E-state index contributed by atoms with van der Waals surface area (Å²) in [7, 11) is -2.43. The van der Waals surface area contributed by atoms with Gasteiger partial charge in [0.2, 0.25) is 10.0 Å². The summed E-state index contributed by atoms with van der Waals surface area (Å²) in [4.78, 5) is 27.3. The predicted octanol–water partition coefficient (Wildman–Crippen LogP) is 5.04. The molecule has 0 fully saturated rings. The Labute approximate surface area is 282 Å². The van der Waals surface area contributed by atoms with Gasteiger partial charge in [0.15, 0.2) is 0 Å². The molecule has 3 aromatic carbocycles. The Morgan fingerprint density at radius 3 is 2.27 bits per heavy atom. The predicted molar refractivity (Wildman–Crippen MR) is 185 cm³/mol. The lowest BCUT2D eigenvalue weighted by Crippen LogP contribution is -2.46. The number of hydrogen-bond acceptors (Lipinski definition) is 7. The van der Waals surface area contributed by atoms with E-state index in [2.05, 4.69) is 15.7 Å². The van der Waals surface area contributed by atoms with E-state index in [4.69, 9.17) is 0 Å². The minimum atomic E-state index is -3.75. The number of benzene rings is 3. The molecule has 0 saturated heterocycles. The first-order valence-electron chi connectivity index (χ1n) is 15.1. The lowest BCUT2D eigenvalue weighted by atomic mass is 10.00. The SMILES string of the molecule is C[C@@H](NC(=O)c1cc(C(=O)N[C@@H](Cc2ccccc2)[C@@H](O)Cn2cc(-c3ccsc3)cn2)cc(N(C)S(C)(=O)=O)c1)c1ccc(F)cc1. The maximum absolute atomic E-state index is 13.9. The van der Waals surface area contributed by atoms with E-state index in [0.717, 1.165) is 27.3 Å². The van der Waals surface area contributed by atoms with Gasteiger partial charge in [-0.3, -0.25) is 18.6 Å². The van der Waals surface area contributed by atoms with Gasteiger partial charge in [0.25, 0.3) is 11.8 Å². The molecule has 2 amide bonds. The molecule has 0 radical (unpaired) electrons. The minimum absolute atomic E-state index is 0.0201. The van der Waals surface area contributed by atoms with Gasteiger partial charge in [0.1, 0.15) is 5.82 Å². The van der Waals surface area contributed by atoms with Crippen LogP contribution >= 0.6 is 11.3 Å². The first-order valence-corrected chi connectivity index (χ1v) is 17.9. The van der Waals surface area contributed by atoms with Crippen LogP contribution in [-0.2, 0) is 23.0 Å². The molecule has 0 bridgehead atoms. The Hall–Kier alpha value is -4.85. The zero-order chi connectivity index (χ0) is 34.4. The molecule has 0 unspecified atom stereocenters. The van der Waals surface area contributed by atoms with Crippen LogP contribution in [0.4, 0.5) is 10.1 Å². The van der Waals surface area contributed by atoms with Crippen molar-refractivity contribution in [2.24, 2.45) is 0 Å². The molecule has 250 valence electrons. The number of halogens is 1. The van der Waals surface area contributed by atoms with Crippen LogP contribution in [0.1, 0.15) is 44.8 Å². The lowest BCUT2D eigenvalue weighted by molar-refractivity contribution is 0.0780. The van der Waals surface area contributed by atoms with Crippen molar-refractivity contribution in [2.75, 3.05) is 17.6 Å². The second-order valence-corrected chi connectivity index (χ2v) is 14.3. The summed E-state index contributed by atoms with van der Waals surface area (Å²) < 4.78 is 41.0. The number of nitrogens with one attached hydrogen (secondary N) is 2. The number of hydrogen-bond donors (Lipinski definition) is 3. The molecule has 0 aliphatic carbocycles. The van der Waals surface area contributed by atoms with Gasteiger partial charge >= 0.3 is 0 Å². The number of anilines is 1. The molecule has 48 heavy (non-hydrogen) atoms. The van der Waals surface area contributed by atoms with Crippen molar-refractivity contribution >= 4 is 38.9 Å². The fourth-order valence-corrected chi connectivity index (χ4v) is 6.28. The first-order chi connectivity index (χ1) is 22.9. The smallest absolute Gasteiger partial charge is 0.251 e. The van der Waals surface area contributed by atoms with Crippen LogP contribution < -0.4 is 14.9 Å². The second kappa shape index (κ2) is 14.9. The summed E-state index contributed by atoms with van der Waals surface area (Å²) in [6, 6.07) is 19.9. The molecule has 0 spiro atoms. The molecule has 3 N–H and O–H groups in total. The Balaban J connectivity index is 1.42. The van der Waals surface area contributed by atoms with Crippen molar-refractivity contribution in [3.05, 3.63) is 130 Å². The van der Waals surface area contributed by atoms with Crippen LogP contribution in [0.25, 0.3) is 11.1 Å². The molecule has 5 rings (SSSR count). The third kappa shape index (κ3) is 8.73. The summed E-state index contributed by atoms with van der Waals surface area (Å²) in [5.41, 5.74) is 3.61. The first kappa shape index (κ1) is 34.5. The summed E-state index contributed by atoms with van der Waals surface area (Å²) in [6.45, 7) is 1.82. The molecule has 0 aliphatic rings. The number of carbonyl (C=O) groups excluding carboxylic acids is 2. The molecule has 2 aromatic heterocycles. The highest BCUT2D eigenvalue weighted by molar-refractivity contribution is 7.92. The van der Waals surface area contributed by atoms with E-state index >= 15 is 0 Å². The number of aliphatic hydroxyl groups excluding tert-OH is 1. The number of rotatable bonds is 13. The molecule has 0 aliphatic heterocycles. The highest BCUT2D eigenvalue weighted by Gasteiger charge is 2.26. The molecule has 10 nitrogen and oxygen atoms in total. The Morgan fingerprint density at radius 2 is 1.65 bits per heavy atom. The zero-order valence-electron chi connectivity index (χ0n) is 26.6. The Morgan fingerprint density at radius 1 is 0.979 bits per heavy atom. The number of thiophene rings is 1. The normalized spacial score (nSPS) is 13.4. The number of aliphatic hydroxyl groups is 1. The molecule has 13 heteroatoms. The van der Waals surface area contributed by atoms with E-state index in [9.17, 15) is 27.5 Å². The maximum atomic E-state index is 13.9. The van der Waals surface area contributed by atoms with Crippen molar-refractivity contribution in [3.8, 4) is 11.1 Å². The third-order valence-electron chi connectivity index (χ3n) is 7.96. The largest absolute Gasteiger partial charge is 0.389 e. The van der Waals surface area contributed by atoms with E-state index in [0.29, 0.717) is 5.56 Å². The van der Waals surface area contributed by atoms with Gasteiger partial charge in [0, 0.05) is 29.9 Å². The van der Waals surface area contributed by atoms with Crippen LogP contribution in [0.3, 0.4) is 0 Å². The van der Waals surface area contributed by atoms with Crippen LogP contribution in [0.15, 0.2) is 102 Å². The number of aromatic nitrogens is 2. The fourth-order valence-electron chi connectivity index (χ4n) is 5.12. The molecule has 5 aromatic rings. The molecule has 0 saturated carbocycles. The summed E-state index contributed by atoms with van der Waals surface area (Å²) in [6.07, 6.45) is 3.78. The van der Waals surface area contributed by atoms with E-state index in [1.165, 1.54) is 37.4 Å². The quantitative estimate of drug-likeness (QED) is 0.159. The van der Waals surface area contributed by atoms with Gasteiger partial charge in [0.05, 0.1) is 42.9 Å². The number of amides is 2. The van der Waals surface area contributed by atoms with E-state index in [-0.39, 0.29) is 29.8 Å². The summed E-state index contributed by atoms with van der Waals surface area (Å²) in [5.74, 6) is -1.59. The van der Waals surface area contributed by atoms with Gasteiger partial charge in [-0.05, 0) is 77.2 Å². The molecular formula is C35H36FN5O5S2. The van der Waals surface area contributed by atoms with Crippen molar-refractivity contribution < 1.29 is 27.5 Å². The molecule has 2 heterocycles. The highest BCUT2D eigenvalue weighted by atomic mass is 32.2. The van der Waals surface area contributed by atoms with Gasteiger partial charge in [-0.1, -0.05) is 42.5 Å². The number of nitrogens with zero attached hydrogens (tertiary/aromatic N) is 3. The summed E-state index contributed by atoms with van der Waals surface area (Å²) >= 11 is 1.57. The second-order valence-electron chi connectivity index (χ2n) is 11.5. The van der Waals surface area contributed by atoms with Gasteiger partial charge < -0.3 is 15.7 Å². The van der Waals surface area contributed by atoms with Crippen LogP contribution in [0.2, 0.25) is 0 Å². The average Bonchev–Trinajstić information content (AvgIpc) is 3.77. The maximum Gasteiger partial charge on any atom is 0.251 e. The van der Waals surface area contributed by atoms with Crippen molar-refractivity contribution in [1.82, 2.24) is 20.4 Å². The standard InChI is InChI=1S/C35H36FN5O5S2/c1-23(25-9-11-30(36)12-10-25)38-34(43)27-16-28(18-31(17-27)40(2)48(3,45)46)35(44)39-32(15-24-7-5-4-6-8-24)33(42)21-41-20-29(19-37-41)26-13-14-47-22-26/h4-14,16-20,22-23,32-33,42H,15,21H2,1-3H3,(H,38,43)(H,39,44)/t23-,32+,33+/m1/s1. The van der Waals surface area contributed by atoms with E-state index < -0.39 is 45.8 Å². The third-order valence-corrected chi connectivity index (χ3v) is 9.85. The van der Waals surface area contributed by atoms with Crippen LogP contribution in [0, 0.1) is 5.82 Å². The van der Waals surface area contributed by atoms with Gasteiger partial charge in [-0.15, -0.1) is 0 Å².